The van der Waals surface area contributed by atoms with E-state index >= 15 is 0 Å². The van der Waals surface area contributed by atoms with E-state index in [9.17, 15) is 18.0 Å². The molecule has 1 heterocycles. The highest BCUT2D eigenvalue weighted by Crippen LogP contribution is 2.24. The van der Waals surface area contributed by atoms with Crippen LogP contribution in [0.1, 0.15) is 24.1 Å². The Morgan fingerprint density at radius 1 is 1.25 bits per heavy atom. The Morgan fingerprint density at radius 2 is 1.96 bits per heavy atom. The molecule has 0 bridgehead atoms. The van der Waals surface area contributed by atoms with Gasteiger partial charge in [0.25, 0.3) is 0 Å². The lowest BCUT2D eigenvalue weighted by Gasteiger charge is -2.14. The summed E-state index contributed by atoms with van der Waals surface area (Å²) in [6.07, 6.45) is 1.51. The van der Waals surface area contributed by atoms with Crippen LogP contribution in [0.5, 0.6) is 5.75 Å². The Hall–Kier alpha value is -2.83. The number of ether oxygens (including phenoxy) is 1. The largest absolute Gasteiger partial charge is 0.573 e. The summed E-state index contributed by atoms with van der Waals surface area (Å²) in [6, 6.07) is 8.54. The van der Waals surface area contributed by atoms with Gasteiger partial charge in [-0.1, -0.05) is 18.2 Å². The van der Waals surface area contributed by atoms with E-state index in [2.05, 4.69) is 15.0 Å². The Balaban J connectivity index is 1.93. The Labute approximate surface area is 137 Å². The van der Waals surface area contributed by atoms with E-state index < -0.39 is 6.36 Å². The van der Waals surface area contributed by atoms with Crippen molar-refractivity contribution in [2.45, 2.75) is 19.3 Å². The number of nitrogens with zero attached hydrogens (tertiary/aromatic N) is 1. The molecule has 0 fully saturated rings. The predicted octanol–water partition coefficient (Wildman–Crippen LogP) is 3.87. The van der Waals surface area contributed by atoms with Gasteiger partial charge in [-0.2, -0.15) is 0 Å². The van der Waals surface area contributed by atoms with Crippen LogP contribution < -0.4 is 10.1 Å². The SMILES string of the molecule is C[C@@H](NC(=O)/C=C/c1cccnc1)c1ccc(OC(F)(F)F)cc1. The third kappa shape index (κ3) is 5.75. The number of amides is 1. The first-order chi connectivity index (χ1) is 11.3. The summed E-state index contributed by atoms with van der Waals surface area (Å²) in [5, 5.41) is 2.72. The molecule has 0 radical (unpaired) electrons. The minimum atomic E-state index is -4.72. The van der Waals surface area contributed by atoms with Crippen LogP contribution in [0.3, 0.4) is 0 Å². The van der Waals surface area contributed by atoms with Crippen molar-refractivity contribution in [3.8, 4) is 5.75 Å². The van der Waals surface area contributed by atoms with Crippen LogP contribution in [0, 0.1) is 0 Å². The molecule has 0 saturated heterocycles. The molecule has 0 aliphatic rings. The molecule has 0 aliphatic heterocycles. The molecule has 2 rings (SSSR count). The number of pyridine rings is 1. The topological polar surface area (TPSA) is 51.2 Å². The second kappa shape index (κ2) is 7.63. The van der Waals surface area contributed by atoms with Gasteiger partial charge in [0.1, 0.15) is 5.75 Å². The monoisotopic (exact) mass is 336 g/mol. The fourth-order valence-corrected chi connectivity index (χ4v) is 1.95. The van der Waals surface area contributed by atoms with Crippen LogP contribution in [-0.4, -0.2) is 17.3 Å². The Bertz CT molecular complexity index is 698. The van der Waals surface area contributed by atoms with Gasteiger partial charge < -0.3 is 10.1 Å². The molecule has 1 atom stereocenters. The fraction of sp³-hybridized carbons (Fsp3) is 0.176. The normalized spacial score (nSPS) is 12.8. The maximum absolute atomic E-state index is 12.1. The van der Waals surface area contributed by atoms with Crippen LogP contribution >= 0.6 is 0 Å². The highest BCUT2D eigenvalue weighted by atomic mass is 19.4. The third-order valence-electron chi connectivity index (χ3n) is 3.08. The lowest BCUT2D eigenvalue weighted by molar-refractivity contribution is -0.274. The maximum atomic E-state index is 12.1. The van der Waals surface area contributed by atoms with Crippen molar-refractivity contribution in [3.63, 3.8) is 0 Å². The summed E-state index contributed by atoms with van der Waals surface area (Å²) in [7, 11) is 0. The standard InChI is InChI=1S/C17H15F3N2O2/c1-12(14-5-7-15(8-6-14)24-17(18,19)20)22-16(23)9-4-13-3-2-10-21-11-13/h2-12H,1H3,(H,22,23)/b9-4+/t12-/m1/s1. The Morgan fingerprint density at radius 3 is 2.54 bits per heavy atom. The first kappa shape index (κ1) is 17.5. The molecule has 0 spiro atoms. The molecule has 1 N–H and O–H groups in total. The molecule has 4 nitrogen and oxygen atoms in total. The van der Waals surface area contributed by atoms with Gasteiger partial charge in [-0.25, -0.2) is 0 Å². The summed E-state index contributed by atoms with van der Waals surface area (Å²) in [4.78, 5) is 15.8. The number of rotatable bonds is 5. The Kier molecular flexibility index (Phi) is 5.57. The number of hydrogen-bond acceptors (Lipinski definition) is 3. The molecular weight excluding hydrogens is 321 g/mol. The van der Waals surface area contributed by atoms with E-state index in [0.29, 0.717) is 5.56 Å². The molecule has 24 heavy (non-hydrogen) atoms. The molecule has 1 aromatic carbocycles. The van der Waals surface area contributed by atoms with E-state index in [0.717, 1.165) is 5.56 Å². The number of halogens is 3. The number of alkyl halides is 3. The van der Waals surface area contributed by atoms with Gasteiger partial charge in [-0.3, -0.25) is 9.78 Å². The number of benzene rings is 1. The predicted molar refractivity (Wildman–Crippen MR) is 83.0 cm³/mol. The fourth-order valence-electron chi connectivity index (χ4n) is 1.95. The molecule has 0 unspecified atom stereocenters. The van der Waals surface area contributed by atoms with Crippen LogP contribution in [0.15, 0.2) is 54.9 Å². The van der Waals surface area contributed by atoms with Gasteiger partial charge in [0, 0.05) is 18.5 Å². The van der Waals surface area contributed by atoms with Gasteiger partial charge in [0.2, 0.25) is 5.91 Å². The zero-order valence-corrected chi connectivity index (χ0v) is 12.7. The van der Waals surface area contributed by atoms with E-state index in [1.54, 1.807) is 37.5 Å². The van der Waals surface area contributed by atoms with Crippen LogP contribution in [0.25, 0.3) is 6.08 Å². The number of nitrogens with one attached hydrogen (secondary N) is 1. The zero-order chi connectivity index (χ0) is 17.6. The highest BCUT2D eigenvalue weighted by Gasteiger charge is 2.31. The minimum absolute atomic E-state index is 0.304. The molecule has 0 aliphatic carbocycles. The molecule has 126 valence electrons. The van der Waals surface area contributed by atoms with Crippen LogP contribution in [-0.2, 0) is 4.79 Å². The second-order valence-corrected chi connectivity index (χ2v) is 4.97. The lowest BCUT2D eigenvalue weighted by Crippen LogP contribution is -2.24. The van der Waals surface area contributed by atoms with Crippen LogP contribution in [0.2, 0.25) is 0 Å². The second-order valence-electron chi connectivity index (χ2n) is 4.97. The summed E-state index contributed by atoms with van der Waals surface area (Å²) in [6.45, 7) is 1.73. The first-order valence-electron chi connectivity index (χ1n) is 7.08. The van der Waals surface area contributed by atoms with E-state index in [1.165, 1.54) is 30.3 Å². The lowest BCUT2D eigenvalue weighted by atomic mass is 10.1. The average molecular weight is 336 g/mol. The summed E-state index contributed by atoms with van der Waals surface area (Å²) >= 11 is 0. The number of carbonyl (C=O) groups is 1. The van der Waals surface area contributed by atoms with Crippen molar-refractivity contribution in [2.75, 3.05) is 0 Å². The van der Waals surface area contributed by atoms with E-state index in [-0.39, 0.29) is 17.7 Å². The molecule has 1 amide bonds. The van der Waals surface area contributed by atoms with Crippen molar-refractivity contribution in [1.29, 1.82) is 0 Å². The average Bonchev–Trinajstić information content (AvgIpc) is 2.53. The minimum Gasteiger partial charge on any atom is -0.406 e. The first-order valence-corrected chi connectivity index (χ1v) is 7.08. The number of aromatic nitrogens is 1. The van der Waals surface area contributed by atoms with Gasteiger partial charge in [-0.05, 0) is 42.3 Å². The summed E-state index contributed by atoms with van der Waals surface area (Å²) < 4.78 is 40.1. The molecule has 0 saturated carbocycles. The molecule has 7 heteroatoms. The molecular formula is C17H15F3N2O2. The third-order valence-corrected chi connectivity index (χ3v) is 3.08. The van der Waals surface area contributed by atoms with Crippen molar-refractivity contribution < 1.29 is 22.7 Å². The number of hydrogen-bond donors (Lipinski definition) is 1. The summed E-state index contributed by atoms with van der Waals surface area (Å²) in [5.74, 6) is -0.622. The van der Waals surface area contributed by atoms with Crippen molar-refractivity contribution in [3.05, 3.63) is 66.0 Å². The van der Waals surface area contributed by atoms with E-state index in [4.69, 9.17) is 0 Å². The van der Waals surface area contributed by atoms with Gasteiger partial charge in [0.05, 0.1) is 6.04 Å². The van der Waals surface area contributed by atoms with Crippen molar-refractivity contribution in [2.24, 2.45) is 0 Å². The molecule has 2 aromatic rings. The van der Waals surface area contributed by atoms with Gasteiger partial charge in [-0.15, -0.1) is 13.2 Å². The smallest absolute Gasteiger partial charge is 0.406 e. The maximum Gasteiger partial charge on any atom is 0.573 e. The van der Waals surface area contributed by atoms with Crippen molar-refractivity contribution >= 4 is 12.0 Å². The quantitative estimate of drug-likeness (QED) is 0.843. The zero-order valence-electron chi connectivity index (χ0n) is 12.7. The van der Waals surface area contributed by atoms with Crippen molar-refractivity contribution in [1.82, 2.24) is 10.3 Å². The van der Waals surface area contributed by atoms with Gasteiger partial charge in [0.15, 0.2) is 0 Å². The van der Waals surface area contributed by atoms with E-state index in [1.807, 2.05) is 0 Å². The van der Waals surface area contributed by atoms with Gasteiger partial charge >= 0.3 is 6.36 Å². The summed E-state index contributed by atoms with van der Waals surface area (Å²) in [5.41, 5.74) is 1.45. The number of carbonyl (C=O) groups excluding carboxylic acids is 1. The van der Waals surface area contributed by atoms with Crippen LogP contribution in [0.4, 0.5) is 13.2 Å². The molecule has 1 aromatic heterocycles. The highest BCUT2D eigenvalue weighted by molar-refractivity contribution is 5.91.